The highest BCUT2D eigenvalue weighted by molar-refractivity contribution is 9.10. The number of halogens is 3. The van der Waals surface area contributed by atoms with E-state index < -0.39 is 0 Å². The zero-order chi connectivity index (χ0) is 14.7. The first-order valence-electron chi connectivity index (χ1n) is 6.38. The number of hydrogen-bond donors (Lipinski definition) is 0. The maximum atomic E-state index is 13.2. The standard InChI is InChI=1S/C14H15BrClFN2O/c1-3-12-14(16)13(19(4-2)18-12)8-20-9-5-6-11(17)10(15)7-9/h5-7H,3-4,8H2,1-2H3. The molecule has 20 heavy (non-hydrogen) atoms. The molecule has 0 aliphatic carbocycles. The minimum Gasteiger partial charge on any atom is -0.487 e. The van der Waals surface area contributed by atoms with Crippen molar-refractivity contribution in [2.24, 2.45) is 0 Å². The van der Waals surface area contributed by atoms with Crippen LogP contribution in [0.5, 0.6) is 5.75 Å². The smallest absolute Gasteiger partial charge is 0.137 e. The lowest BCUT2D eigenvalue weighted by Gasteiger charge is -2.09. The highest BCUT2D eigenvalue weighted by atomic mass is 79.9. The number of ether oxygens (including phenoxy) is 1. The minimum absolute atomic E-state index is 0.303. The van der Waals surface area contributed by atoms with Gasteiger partial charge in [-0.2, -0.15) is 5.10 Å². The summed E-state index contributed by atoms with van der Waals surface area (Å²) >= 11 is 9.43. The fourth-order valence-corrected chi connectivity index (χ4v) is 2.55. The maximum absolute atomic E-state index is 13.2. The van der Waals surface area contributed by atoms with Gasteiger partial charge in [0.05, 0.1) is 20.9 Å². The van der Waals surface area contributed by atoms with Crippen molar-refractivity contribution in [2.45, 2.75) is 33.4 Å². The van der Waals surface area contributed by atoms with Gasteiger partial charge in [-0.3, -0.25) is 4.68 Å². The second-order valence-electron chi connectivity index (χ2n) is 4.24. The van der Waals surface area contributed by atoms with Crippen molar-refractivity contribution in [3.05, 3.63) is 44.9 Å². The number of benzene rings is 1. The van der Waals surface area contributed by atoms with Crippen LogP contribution in [0.25, 0.3) is 0 Å². The van der Waals surface area contributed by atoms with Crippen LogP contribution in [-0.4, -0.2) is 9.78 Å². The summed E-state index contributed by atoms with van der Waals surface area (Å²) in [4.78, 5) is 0. The first kappa shape index (κ1) is 15.3. The fourth-order valence-electron chi connectivity index (χ4n) is 1.87. The third kappa shape index (κ3) is 3.15. The molecule has 3 nitrogen and oxygen atoms in total. The van der Waals surface area contributed by atoms with E-state index in [1.165, 1.54) is 6.07 Å². The van der Waals surface area contributed by atoms with Crippen molar-refractivity contribution < 1.29 is 9.13 Å². The fraction of sp³-hybridized carbons (Fsp3) is 0.357. The topological polar surface area (TPSA) is 27.1 Å². The Kier molecular flexibility index (Phi) is 5.05. The molecule has 0 radical (unpaired) electrons. The molecule has 0 N–H and O–H groups in total. The largest absolute Gasteiger partial charge is 0.487 e. The van der Waals surface area contributed by atoms with E-state index >= 15 is 0 Å². The molecule has 1 heterocycles. The lowest BCUT2D eigenvalue weighted by molar-refractivity contribution is 0.292. The van der Waals surface area contributed by atoms with Crippen molar-refractivity contribution in [1.82, 2.24) is 9.78 Å². The van der Waals surface area contributed by atoms with Gasteiger partial charge in [0.2, 0.25) is 0 Å². The summed E-state index contributed by atoms with van der Waals surface area (Å²) in [6.45, 7) is 5.04. The number of nitrogens with zero attached hydrogens (tertiary/aromatic N) is 2. The van der Waals surface area contributed by atoms with Crippen LogP contribution in [-0.2, 0) is 19.6 Å². The Bertz CT molecular complexity index is 615. The normalized spacial score (nSPS) is 10.8. The summed E-state index contributed by atoms with van der Waals surface area (Å²) in [5.41, 5.74) is 1.71. The predicted octanol–water partition coefficient (Wildman–Crippen LogP) is 4.60. The van der Waals surface area contributed by atoms with E-state index in [0.717, 1.165) is 24.4 Å². The van der Waals surface area contributed by atoms with E-state index in [9.17, 15) is 4.39 Å². The minimum atomic E-state index is -0.317. The average Bonchev–Trinajstić information content (AvgIpc) is 2.76. The molecule has 1 aromatic carbocycles. The third-order valence-electron chi connectivity index (χ3n) is 2.96. The highest BCUT2D eigenvalue weighted by Gasteiger charge is 2.15. The lowest BCUT2D eigenvalue weighted by atomic mass is 10.3. The molecule has 0 saturated carbocycles. The average molecular weight is 362 g/mol. The van der Waals surface area contributed by atoms with Gasteiger partial charge in [-0.1, -0.05) is 18.5 Å². The van der Waals surface area contributed by atoms with Crippen LogP contribution < -0.4 is 4.74 Å². The van der Waals surface area contributed by atoms with Crippen LogP contribution in [0.2, 0.25) is 5.02 Å². The van der Waals surface area contributed by atoms with Gasteiger partial charge >= 0.3 is 0 Å². The predicted molar refractivity (Wildman–Crippen MR) is 80.7 cm³/mol. The molecule has 0 bridgehead atoms. The van der Waals surface area contributed by atoms with Crippen LogP contribution in [0.15, 0.2) is 22.7 Å². The summed E-state index contributed by atoms with van der Waals surface area (Å²) in [5.74, 6) is 0.262. The van der Waals surface area contributed by atoms with E-state index in [4.69, 9.17) is 16.3 Å². The Morgan fingerprint density at radius 1 is 1.40 bits per heavy atom. The lowest BCUT2D eigenvalue weighted by Crippen LogP contribution is -2.06. The van der Waals surface area contributed by atoms with Gasteiger partial charge in [0.15, 0.2) is 0 Å². The molecule has 0 spiro atoms. The van der Waals surface area contributed by atoms with Crippen molar-refractivity contribution in [3.8, 4) is 5.75 Å². The molecule has 0 amide bonds. The zero-order valence-electron chi connectivity index (χ0n) is 11.3. The third-order valence-corrected chi connectivity index (χ3v) is 4.00. The van der Waals surface area contributed by atoms with Crippen molar-refractivity contribution in [3.63, 3.8) is 0 Å². The number of hydrogen-bond acceptors (Lipinski definition) is 2. The van der Waals surface area contributed by atoms with E-state index in [1.54, 1.807) is 12.1 Å². The molecule has 0 aliphatic rings. The van der Waals surface area contributed by atoms with Crippen molar-refractivity contribution in [2.75, 3.05) is 0 Å². The molecule has 0 aliphatic heterocycles. The Morgan fingerprint density at radius 3 is 2.75 bits per heavy atom. The van der Waals surface area contributed by atoms with Gasteiger partial charge < -0.3 is 4.74 Å². The maximum Gasteiger partial charge on any atom is 0.137 e. The van der Waals surface area contributed by atoms with Crippen LogP contribution in [0.1, 0.15) is 25.2 Å². The van der Waals surface area contributed by atoms with Crippen LogP contribution in [0.4, 0.5) is 4.39 Å². The van der Waals surface area contributed by atoms with E-state index in [2.05, 4.69) is 21.0 Å². The number of aromatic nitrogens is 2. The number of rotatable bonds is 5. The molecule has 0 saturated heterocycles. The molecular formula is C14H15BrClFN2O. The molecule has 0 unspecified atom stereocenters. The molecular weight excluding hydrogens is 347 g/mol. The Labute approximate surface area is 130 Å². The molecule has 6 heteroatoms. The Morgan fingerprint density at radius 2 is 2.15 bits per heavy atom. The molecule has 0 atom stereocenters. The second kappa shape index (κ2) is 6.59. The molecule has 2 rings (SSSR count). The first-order valence-corrected chi connectivity index (χ1v) is 7.55. The SMILES string of the molecule is CCc1nn(CC)c(COc2ccc(F)c(Br)c2)c1Cl. The summed E-state index contributed by atoms with van der Waals surface area (Å²) < 4.78 is 21.0. The van der Waals surface area contributed by atoms with Gasteiger partial charge in [0.25, 0.3) is 0 Å². The van der Waals surface area contributed by atoms with E-state index in [1.807, 2.05) is 18.5 Å². The Balaban J connectivity index is 2.17. The van der Waals surface area contributed by atoms with Crippen molar-refractivity contribution >= 4 is 27.5 Å². The Hall–Kier alpha value is -1.07. The monoisotopic (exact) mass is 360 g/mol. The molecule has 1 aromatic heterocycles. The van der Waals surface area contributed by atoms with Gasteiger partial charge in [0, 0.05) is 6.54 Å². The van der Waals surface area contributed by atoms with E-state index in [-0.39, 0.29) is 5.82 Å². The summed E-state index contributed by atoms with van der Waals surface area (Å²) in [7, 11) is 0. The van der Waals surface area contributed by atoms with E-state index in [0.29, 0.717) is 21.9 Å². The summed E-state index contributed by atoms with van der Waals surface area (Å²) in [6.07, 6.45) is 0.779. The van der Waals surface area contributed by atoms with Crippen LogP contribution in [0, 0.1) is 5.82 Å². The quantitative estimate of drug-likeness (QED) is 0.778. The van der Waals surface area contributed by atoms with Crippen LogP contribution >= 0.6 is 27.5 Å². The molecule has 108 valence electrons. The summed E-state index contributed by atoms with van der Waals surface area (Å²) in [6, 6.07) is 4.54. The molecule has 0 fully saturated rings. The highest BCUT2D eigenvalue weighted by Crippen LogP contribution is 2.25. The van der Waals surface area contributed by atoms with Crippen molar-refractivity contribution in [1.29, 1.82) is 0 Å². The second-order valence-corrected chi connectivity index (χ2v) is 5.47. The number of aryl methyl sites for hydroxylation is 2. The van der Waals surface area contributed by atoms with Gasteiger partial charge in [0.1, 0.15) is 18.2 Å². The molecule has 2 aromatic rings. The zero-order valence-corrected chi connectivity index (χ0v) is 13.6. The van der Waals surface area contributed by atoms with Gasteiger partial charge in [-0.15, -0.1) is 0 Å². The van der Waals surface area contributed by atoms with Gasteiger partial charge in [-0.25, -0.2) is 4.39 Å². The first-order chi connectivity index (χ1) is 9.56. The van der Waals surface area contributed by atoms with Gasteiger partial charge in [-0.05, 0) is 47.5 Å². The summed E-state index contributed by atoms with van der Waals surface area (Å²) in [5, 5.41) is 5.07. The van der Waals surface area contributed by atoms with Crippen LogP contribution in [0.3, 0.4) is 0 Å².